The molecular formula is C18H15F13O3. The van der Waals surface area contributed by atoms with Gasteiger partial charge < -0.3 is 9.47 Å². The molecule has 0 amide bonds. The molecule has 3 nitrogen and oxygen atoms in total. The van der Waals surface area contributed by atoms with Crippen molar-refractivity contribution in [2.75, 3.05) is 13.7 Å². The van der Waals surface area contributed by atoms with Crippen LogP contribution in [0.15, 0.2) is 24.3 Å². The molecule has 0 radical (unpaired) electrons. The predicted octanol–water partition coefficient (Wildman–Crippen LogP) is 6.68. The smallest absolute Gasteiger partial charge is 0.460 e. The Balaban J connectivity index is 3.41. The van der Waals surface area contributed by atoms with E-state index in [0.29, 0.717) is 7.11 Å². The molecule has 0 heterocycles. The molecule has 0 bridgehead atoms. The molecule has 0 aliphatic carbocycles. The summed E-state index contributed by atoms with van der Waals surface area (Å²) in [4.78, 5) is 11.7. The number of halogens is 13. The van der Waals surface area contributed by atoms with Crippen LogP contribution in [0.1, 0.15) is 35.4 Å². The Morgan fingerprint density at radius 2 is 1.32 bits per heavy atom. The Hall–Kier alpha value is -2.26. The van der Waals surface area contributed by atoms with Crippen LogP contribution in [-0.4, -0.2) is 55.5 Å². The molecular weight excluding hydrogens is 511 g/mol. The molecule has 1 atom stereocenters. The number of rotatable bonds is 10. The molecule has 1 aromatic rings. The lowest BCUT2D eigenvalue weighted by Crippen LogP contribution is -2.70. The van der Waals surface area contributed by atoms with E-state index in [-0.39, 0.29) is 12.2 Å². The van der Waals surface area contributed by atoms with Gasteiger partial charge in [-0.15, -0.1) is 0 Å². The van der Waals surface area contributed by atoms with Gasteiger partial charge in [0.05, 0.1) is 18.3 Å². The van der Waals surface area contributed by atoms with Gasteiger partial charge in [0.2, 0.25) is 0 Å². The summed E-state index contributed by atoms with van der Waals surface area (Å²) in [6.07, 6.45) is -12.4. The van der Waals surface area contributed by atoms with Crippen molar-refractivity contribution in [1.82, 2.24) is 0 Å². The van der Waals surface area contributed by atoms with Crippen LogP contribution in [0.4, 0.5) is 57.1 Å². The Labute approximate surface area is 182 Å². The largest absolute Gasteiger partial charge is 0.462 e. The monoisotopic (exact) mass is 526 g/mol. The lowest BCUT2D eigenvalue weighted by Gasteiger charge is -2.40. The maximum atomic E-state index is 14.2. The lowest BCUT2D eigenvalue weighted by molar-refractivity contribution is -0.440. The summed E-state index contributed by atoms with van der Waals surface area (Å²) in [6.45, 7) is 1.24. The minimum atomic E-state index is -7.97. The summed E-state index contributed by atoms with van der Waals surface area (Å²) in [6, 6.07) is 3.67. The van der Waals surface area contributed by atoms with Gasteiger partial charge in [-0.05, 0) is 24.6 Å². The van der Waals surface area contributed by atoms with E-state index in [1.165, 1.54) is 6.92 Å². The molecule has 0 aliphatic heterocycles. The Morgan fingerprint density at radius 1 is 0.824 bits per heavy atom. The summed E-state index contributed by atoms with van der Waals surface area (Å²) in [5.74, 6) is -38.4. The molecule has 1 unspecified atom stereocenters. The molecule has 16 heteroatoms. The highest BCUT2D eigenvalue weighted by atomic mass is 19.4. The normalized spacial score (nSPS) is 15.3. The molecule has 0 fully saturated rings. The van der Waals surface area contributed by atoms with Crippen molar-refractivity contribution in [3.63, 3.8) is 0 Å². The summed E-state index contributed by atoms with van der Waals surface area (Å²) < 4.78 is 181. The molecule has 0 saturated carbocycles. The van der Waals surface area contributed by atoms with Crippen molar-refractivity contribution >= 4 is 5.97 Å². The van der Waals surface area contributed by atoms with Crippen molar-refractivity contribution in [2.24, 2.45) is 0 Å². The van der Waals surface area contributed by atoms with Gasteiger partial charge in [0.25, 0.3) is 0 Å². The number of hydrogen-bond acceptors (Lipinski definition) is 3. The molecule has 0 spiro atoms. The third-order valence-electron chi connectivity index (χ3n) is 4.49. The average Bonchev–Trinajstić information content (AvgIpc) is 2.70. The molecule has 1 aromatic carbocycles. The lowest BCUT2D eigenvalue weighted by atomic mass is 9.90. The summed E-state index contributed by atoms with van der Waals surface area (Å²) in [5.41, 5.74) is -0.905. The topological polar surface area (TPSA) is 35.5 Å². The average molecular weight is 526 g/mol. The van der Waals surface area contributed by atoms with Crippen LogP contribution < -0.4 is 0 Å². The first-order valence-electron chi connectivity index (χ1n) is 8.88. The van der Waals surface area contributed by atoms with Crippen LogP contribution in [0.3, 0.4) is 0 Å². The highest BCUT2D eigenvalue weighted by molar-refractivity contribution is 5.89. The van der Waals surface area contributed by atoms with Gasteiger partial charge in [0.15, 0.2) is 0 Å². The number of ether oxygens (including phenoxy) is 2. The van der Waals surface area contributed by atoms with Crippen LogP contribution in [0.5, 0.6) is 0 Å². The number of alkyl halides is 13. The molecule has 0 saturated heterocycles. The first-order valence-corrected chi connectivity index (χ1v) is 8.88. The second-order valence-electron chi connectivity index (χ2n) is 6.77. The van der Waals surface area contributed by atoms with Crippen molar-refractivity contribution < 1.29 is 71.3 Å². The van der Waals surface area contributed by atoms with E-state index in [1.807, 2.05) is 0 Å². The SMILES string of the molecule is CCOC(=O)c1cccc(C(CC(F)(F)C(F)(F)C(F)(F)C(F)(F)C(F)(F)C(F)(F)F)OC)c1. The highest BCUT2D eigenvalue weighted by Gasteiger charge is 2.90. The number of esters is 1. The van der Waals surface area contributed by atoms with Gasteiger partial charge in [-0.1, -0.05) is 12.1 Å². The fraction of sp³-hybridized carbons (Fsp3) is 0.611. The van der Waals surface area contributed by atoms with Crippen molar-refractivity contribution in [3.8, 4) is 0 Å². The standard InChI is InChI=1S/C18H15F13O3/c1-3-34-12(32)10-6-4-5-9(7-10)11(33-2)8-13(19,20)14(21,22)15(23,24)16(25,26)17(27,28)18(29,30)31/h4-7,11H,3,8H2,1-2H3. The molecule has 34 heavy (non-hydrogen) atoms. The van der Waals surface area contributed by atoms with Gasteiger partial charge in [-0.3, -0.25) is 0 Å². The van der Waals surface area contributed by atoms with Crippen LogP contribution >= 0.6 is 0 Å². The highest BCUT2D eigenvalue weighted by Crippen LogP contribution is 2.61. The third kappa shape index (κ3) is 4.91. The molecule has 0 aliphatic rings. The van der Waals surface area contributed by atoms with Crippen LogP contribution in [-0.2, 0) is 9.47 Å². The minimum absolute atomic E-state index is 0.146. The maximum absolute atomic E-state index is 14.2. The van der Waals surface area contributed by atoms with Crippen molar-refractivity contribution in [2.45, 2.75) is 55.2 Å². The second-order valence-corrected chi connectivity index (χ2v) is 6.77. The van der Waals surface area contributed by atoms with E-state index in [4.69, 9.17) is 0 Å². The van der Waals surface area contributed by atoms with Crippen LogP contribution in [0.2, 0.25) is 0 Å². The van der Waals surface area contributed by atoms with Crippen LogP contribution in [0.25, 0.3) is 0 Å². The quantitative estimate of drug-likeness (QED) is 0.252. The Bertz CT molecular complexity index is 865. The van der Waals surface area contributed by atoms with E-state index in [2.05, 4.69) is 9.47 Å². The summed E-state index contributed by atoms with van der Waals surface area (Å²) in [7, 11) is 0.584. The summed E-state index contributed by atoms with van der Waals surface area (Å²) in [5, 5.41) is 0. The number of methoxy groups -OCH3 is 1. The first kappa shape index (κ1) is 29.8. The van der Waals surface area contributed by atoms with E-state index >= 15 is 0 Å². The summed E-state index contributed by atoms with van der Waals surface area (Å²) >= 11 is 0. The number of hydrogen-bond donors (Lipinski definition) is 0. The van der Waals surface area contributed by atoms with Gasteiger partial charge in [0.1, 0.15) is 0 Å². The van der Waals surface area contributed by atoms with Gasteiger partial charge >= 0.3 is 41.8 Å². The Kier molecular flexibility index (Phi) is 8.24. The Morgan fingerprint density at radius 3 is 1.76 bits per heavy atom. The number of carbonyl (C=O) groups excluding carboxylic acids is 1. The van der Waals surface area contributed by atoms with E-state index in [9.17, 15) is 61.9 Å². The third-order valence-corrected chi connectivity index (χ3v) is 4.49. The minimum Gasteiger partial charge on any atom is -0.462 e. The fourth-order valence-electron chi connectivity index (χ4n) is 2.58. The fourth-order valence-corrected chi connectivity index (χ4v) is 2.58. The molecule has 1 rings (SSSR count). The van der Waals surface area contributed by atoms with Crippen molar-refractivity contribution in [3.05, 3.63) is 35.4 Å². The predicted molar refractivity (Wildman–Crippen MR) is 87.6 cm³/mol. The van der Waals surface area contributed by atoms with Gasteiger partial charge in [-0.25, -0.2) is 4.79 Å². The molecule has 196 valence electrons. The zero-order valence-corrected chi connectivity index (χ0v) is 16.9. The molecule has 0 N–H and O–H groups in total. The van der Waals surface area contributed by atoms with E-state index in [0.717, 1.165) is 24.3 Å². The number of benzene rings is 1. The second kappa shape index (κ2) is 9.41. The maximum Gasteiger partial charge on any atom is 0.460 e. The zero-order chi connectivity index (χ0) is 27.0. The van der Waals surface area contributed by atoms with Gasteiger partial charge in [-0.2, -0.15) is 57.1 Å². The zero-order valence-electron chi connectivity index (χ0n) is 16.9. The van der Waals surface area contributed by atoms with Crippen LogP contribution in [0, 0.1) is 0 Å². The van der Waals surface area contributed by atoms with Crippen molar-refractivity contribution in [1.29, 1.82) is 0 Å². The number of carbonyl (C=O) groups is 1. The van der Waals surface area contributed by atoms with E-state index in [1.54, 1.807) is 0 Å². The molecule has 0 aromatic heterocycles. The van der Waals surface area contributed by atoms with Gasteiger partial charge in [0, 0.05) is 13.5 Å². The first-order chi connectivity index (χ1) is 15.1. The van der Waals surface area contributed by atoms with E-state index < -0.39 is 59.8 Å².